The van der Waals surface area contributed by atoms with E-state index in [1.165, 1.54) is 6.07 Å². The first kappa shape index (κ1) is 35.8. The molecule has 0 saturated heterocycles. The van der Waals surface area contributed by atoms with Gasteiger partial charge in [0.25, 0.3) is 0 Å². The van der Waals surface area contributed by atoms with Gasteiger partial charge in [0.2, 0.25) is 5.91 Å². The Bertz CT molecular complexity index is 1690. The van der Waals surface area contributed by atoms with Crippen molar-refractivity contribution in [3.8, 4) is 0 Å². The van der Waals surface area contributed by atoms with E-state index in [1.54, 1.807) is 12.3 Å². The summed E-state index contributed by atoms with van der Waals surface area (Å²) >= 11 is 6.09. The molecule has 4 rings (SSSR count). The number of anilines is 2. The van der Waals surface area contributed by atoms with Crippen LogP contribution >= 0.6 is 11.6 Å². The van der Waals surface area contributed by atoms with Crippen molar-refractivity contribution in [2.45, 2.75) is 26.2 Å². The fraction of sp³-hybridized carbons (Fsp3) is 0.429. The van der Waals surface area contributed by atoms with Crippen molar-refractivity contribution in [2.75, 3.05) is 83.5 Å². The number of benzene rings is 2. The van der Waals surface area contributed by atoms with E-state index in [-0.39, 0.29) is 18.1 Å². The SMILES string of the molecule is CCN(CCNc1ccnc2cc(Cl)ccc12)CC(=O)CCCOCCOCCNC(=O)Cc1cc(=O)oc2cc(N(C)C)ccc12. The van der Waals surface area contributed by atoms with E-state index in [2.05, 4.69) is 27.4 Å². The van der Waals surface area contributed by atoms with Crippen LogP contribution in [0.1, 0.15) is 25.3 Å². The molecule has 1 amide bonds. The molecule has 252 valence electrons. The number of nitrogens with zero attached hydrogens (tertiary/aromatic N) is 3. The molecule has 12 heteroatoms. The van der Waals surface area contributed by atoms with Gasteiger partial charge in [0, 0.05) is 92.3 Å². The zero-order valence-corrected chi connectivity index (χ0v) is 28.1. The number of halogens is 1. The summed E-state index contributed by atoms with van der Waals surface area (Å²) in [7, 11) is 3.81. The van der Waals surface area contributed by atoms with Crippen molar-refractivity contribution in [3.05, 3.63) is 75.7 Å². The Morgan fingerprint density at radius 2 is 1.74 bits per heavy atom. The maximum atomic E-state index is 12.5. The number of fused-ring (bicyclic) bond motifs is 2. The molecule has 0 aliphatic rings. The number of pyridine rings is 1. The van der Waals surface area contributed by atoms with Crippen LogP contribution < -0.4 is 21.2 Å². The third kappa shape index (κ3) is 11.3. The Labute approximate surface area is 280 Å². The normalized spacial score (nSPS) is 11.3. The molecule has 47 heavy (non-hydrogen) atoms. The van der Waals surface area contributed by atoms with Crippen LogP contribution in [0.15, 0.2) is 63.9 Å². The monoisotopic (exact) mass is 665 g/mol. The van der Waals surface area contributed by atoms with Crippen LogP contribution in [0.2, 0.25) is 5.02 Å². The summed E-state index contributed by atoms with van der Waals surface area (Å²) in [4.78, 5) is 45.5. The fourth-order valence-electron chi connectivity index (χ4n) is 5.14. The molecular weight excluding hydrogens is 622 g/mol. The number of ether oxygens (including phenoxy) is 2. The molecule has 11 nitrogen and oxygen atoms in total. The number of rotatable bonds is 20. The molecule has 0 fully saturated rings. The Morgan fingerprint density at radius 3 is 2.53 bits per heavy atom. The lowest BCUT2D eigenvalue weighted by Crippen LogP contribution is -2.33. The number of likely N-dealkylation sites (N-methyl/N-ethyl adjacent to an activating group) is 1. The minimum atomic E-state index is -0.488. The van der Waals surface area contributed by atoms with Crippen molar-refractivity contribution in [1.82, 2.24) is 15.2 Å². The zero-order chi connectivity index (χ0) is 33.6. The second kappa shape index (κ2) is 18.3. The molecular formula is C35H44ClN5O6. The average molecular weight is 666 g/mol. The van der Waals surface area contributed by atoms with Crippen LogP contribution in [0.5, 0.6) is 0 Å². The van der Waals surface area contributed by atoms with Crippen molar-refractivity contribution in [1.29, 1.82) is 0 Å². The maximum Gasteiger partial charge on any atom is 0.336 e. The lowest BCUT2D eigenvalue weighted by Gasteiger charge is -2.20. The molecule has 0 atom stereocenters. The fourth-order valence-corrected chi connectivity index (χ4v) is 5.30. The maximum absolute atomic E-state index is 12.5. The van der Waals surface area contributed by atoms with E-state index in [0.29, 0.717) is 75.1 Å². The van der Waals surface area contributed by atoms with Crippen molar-refractivity contribution in [3.63, 3.8) is 0 Å². The molecule has 2 heterocycles. The predicted molar refractivity (Wildman–Crippen MR) is 187 cm³/mol. The molecule has 0 spiro atoms. The third-order valence-electron chi connectivity index (χ3n) is 7.66. The minimum Gasteiger partial charge on any atom is -0.423 e. The van der Waals surface area contributed by atoms with E-state index < -0.39 is 5.63 Å². The Hall–Kier alpha value is -4.03. The first-order valence-electron chi connectivity index (χ1n) is 15.9. The van der Waals surface area contributed by atoms with E-state index in [0.717, 1.165) is 40.8 Å². The molecule has 2 aromatic carbocycles. The number of carbonyl (C=O) groups is 2. The van der Waals surface area contributed by atoms with E-state index in [4.69, 9.17) is 25.5 Å². The number of hydrogen-bond donors (Lipinski definition) is 2. The van der Waals surface area contributed by atoms with Crippen LogP contribution in [-0.2, 0) is 25.5 Å². The molecule has 4 aromatic rings. The molecule has 0 aliphatic heterocycles. The van der Waals surface area contributed by atoms with Gasteiger partial charge in [0.1, 0.15) is 11.4 Å². The number of Topliss-reactive ketones (excluding diaryl/α,β-unsaturated/α-hetero) is 1. The number of ketones is 1. The van der Waals surface area contributed by atoms with Crippen LogP contribution in [0, 0.1) is 0 Å². The Kier molecular flexibility index (Phi) is 14.0. The number of nitrogens with one attached hydrogen (secondary N) is 2. The first-order valence-corrected chi connectivity index (χ1v) is 16.3. The summed E-state index contributed by atoms with van der Waals surface area (Å²) in [5.41, 5.74) is 3.32. The molecule has 0 bridgehead atoms. The molecule has 0 unspecified atom stereocenters. The smallest absolute Gasteiger partial charge is 0.336 e. The van der Waals surface area contributed by atoms with Crippen molar-refractivity contribution >= 4 is 56.5 Å². The van der Waals surface area contributed by atoms with Gasteiger partial charge in [-0.15, -0.1) is 0 Å². The second-order valence-electron chi connectivity index (χ2n) is 11.4. The minimum absolute atomic E-state index is 0.0667. The van der Waals surface area contributed by atoms with Gasteiger partial charge in [-0.2, -0.15) is 0 Å². The van der Waals surface area contributed by atoms with Gasteiger partial charge in [0.05, 0.1) is 38.3 Å². The van der Waals surface area contributed by atoms with Gasteiger partial charge in [-0.25, -0.2) is 4.79 Å². The summed E-state index contributed by atoms with van der Waals surface area (Å²) in [6.07, 6.45) is 2.94. The van der Waals surface area contributed by atoms with Gasteiger partial charge < -0.3 is 29.4 Å². The highest BCUT2D eigenvalue weighted by atomic mass is 35.5. The van der Waals surface area contributed by atoms with Gasteiger partial charge in [0.15, 0.2) is 0 Å². The number of hydrogen-bond acceptors (Lipinski definition) is 10. The largest absolute Gasteiger partial charge is 0.423 e. The lowest BCUT2D eigenvalue weighted by molar-refractivity contribution is -0.121. The van der Waals surface area contributed by atoms with Crippen molar-refractivity contribution < 1.29 is 23.5 Å². The quantitative estimate of drug-likeness (QED) is 0.103. The van der Waals surface area contributed by atoms with Crippen LogP contribution in [0.4, 0.5) is 11.4 Å². The number of amides is 1. The van der Waals surface area contributed by atoms with Crippen LogP contribution in [-0.4, -0.2) is 94.8 Å². The summed E-state index contributed by atoms with van der Waals surface area (Å²) in [5, 5.41) is 8.68. The summed E-state index contributed by atoms with van der Waals surface area (Å²) in [6.45, 7) is 6.65. The summed E-state index contributed by atoms with van der Waals surface area (Å²) in [6, 6.07) is 14.5. The number of aromatic nitrogens is 1. The van der Waals surface area contributed by atoms with Gasteiger partial charge in [-0.3, -0.25) is 19.5 Å². The average Bonchev–Trinajstić information content (AvgIpc) is 3.04. The third-order valence-corrected chi connectivity index (χ3v) is 7.90. The molecule has 0 saturated carbocycles. The second-order valence-corrected chi connectivity index (χ2v) is 11.8. The summed E-state index contributed by atoms with van der Waals surface area (Å²) < 4.78 is 16.5. The van der Waals surface area contributed by atoms with E-state index >= 15 is 0 Å². The van der Waals surface area contributed by atoms with Gasteiger partial charge in [-0.05, 0) is 54.9 Å². The Balaban J connectivity index is 1.03. The summed E-state index contributed by atoms with van der Waals surface area (Å²) in [5.74, 6) is -0.0155. The molecule has 0 radical (unpaired) electrons. The zero-order valence-electron chi connectivity index (χ0n) is 27.4. The number of carbonyl (C=O) groups excluding carboxylic acids is 2. The van der Waals surface area contributed by atoms with Crippen LogP contribution in [0.25, 0.3) is 21.9 Å². The van der Waals surface area contributed by atoms with Gasteiger partial charge in [-0.1, -0.05) is 18.5 Å². The van der Waals surface area contributed by atoms with Crippen molar-refractivity contribution in [2.24, 2.45) is 0 Å². The topological polar surface area (TPSA) is 126 Å². The highest BCUT2D eigenvalue weighted by molar-refractivity contribution is 6.31. The molecule has 2 aromatic heterocycles. The predicted octanol–water partition coefficient (Wildman–Crippen LogP) is 4.54. The lowest BCUT2D eigenvalue weighted by atomic mass is 10.1. The molecule has 0 aliphatic carbocycles. The highest BCUT2D eigenvalue weighted by Crippen LogP contribution is 2.25. The van der Waals surface area contributed by atoms with E-state index in [9.17, 15) is 14.4 Å². The first-order chi connectivity index (χ1) is 22.7. The standard InChI is InChI=1S/C35H44ClN5O6/c1-4-41(15-13-38-31-11-12-37-32-22-26(36)7-9-30(31)32)24-28(42)6-5-16-45-18-19-46-17-14-39-34(43)20-25-21-35(44)47-33-23-27(40(2)3)8-10-29(25)33/h7-12,21-23H,4-6,13-20,24H2,1-3H3,(H,37,38)(H,39,43). The highest BCUT2D eigenvalue weighted by Gasteiger charge is 2.12. The van der Waals surface area contributed by atoms with Gasteiger partial charge >= 0.3 is 5.63 Å². The molecule has 2 N–H and O–H groups in total. The Morgan fingerprint density at radius 1 is 0.957 bits per heavy atom. The van der Waals surface area contributed by atoms with Crippen LogP contribution in [0.3, 0.4) is 0 Å². The van der Waals surface area contributed by atoms with E-state index in [1.807, 2.05) is 55.4 Å².